The molecule has 4 amide bonds. The fraction of sp³-hybridized carbons (Fsp3) is 0.474. The van der Waals surface area contributed by atoms with E-state index in [2.05, 4.69) is 16.7 Å². The molecule has 8 heteroatoms. The van der Waals surface area contributed by atoms with Crippen LogP contribution >= 0.6 is 11.6 Å². The predicted octanol–water partition coefficient (Wildman–Crippen LogP) is 2.45. The summed E-state index contributed by atoms with van der Waals surface area (Å²) in [4.78, 5) is 38.6. The smallest absolute Gasteiger partial charge is 0.325 e. The summed E-state index contributed by atoms with van der Waals surface area (Å²) >= 11 is 6.19. The van der Waals surface area contributed by atoms with Crippen LogP contribution in [0.15, 0.2) is 24.3 Å². The first-order valence-corrected chi connectivity index (χ1v) is 9.30. The van der Waals surface area contributed by atoms with E-state index in [0.717, 1.165) is 24.2 Å². The molecule has 142 valence electrons. The Labute approximate surface area is 162 Å². The average Bonchev–Trinajstić information content (AvgIpc) is 2.86. The van der Waals surface area contributed by atoms with Gasteiger partial charge in [0.1, 0.15) is 17.6 Å². The van der Waals surface area contributed by atoms with Crippen molar-refractivity contribution >= 4 is 29.4 Å². The van der Waals surface area contributed by atoms with Crippen molar-refractivity contribution in [3.05, 3.63) is 34.9 Å². The van der Waals surface area contributed by atoms with Crippen molar-refractivity contribution in [2.24, 2.45) is 0 Å². The summed E-state index contributed by atoms with van der Waals surface area (Å²) in [6, 6.07) is 8.28. The normalized spacial score (nSPS) is 24.3. The highest BCUT2D eigenvalue weighted by atomic mass is 35.5. The molecule has 1 aliphatic heterocycles. The zero-order valence-electron chi connectivity index (χ0n) is 15.0. The second kappa shape index (κ2) is 7.20. The SMILES string of the molecule is C[C@@]1(c2ccccc2Cl)NC(=O)N(CC(=O)NC2(C#N)CCCCC2)C1=O. The largest absolute Gasteiger partial charge is 0.336 e. The van der Waals surface area contributed by atoms with Crippen molar-refractivity contribution in [2.75, 3.05) is 6.54 Å². The van der Waals surface area contributed by atoms with Gasteiger partial charge < -0.3 is 10.6 Å². The number of halogens is 1. The van der Waals surface area contributed by atoms with Gasteiger partial charge in [-0.2, -0.15) is 5.26 Å². The molecule has 0 unspecified atom stereocenters. The van der Waals surface area contributed by atoms with Crippen molar-refractivity contribution in [3.8, 4) is 6.07 Å². The van der Waals surface area contributed by atoms with Crippen LogP contribution in [0.1, 0.15) is 44.6 Å². The van der Waals surface area contributed by atoms with Gasteiger partial charge in [-0.25, -0.2) is 4.79 Å². The Balaban J connectivity index is 1.75. The number of hydrogen-bond acceptors (Lipinski definition) is 4. The Kier molecular flexibility index (Phi) is 5.11. The maximum Gasteiger partial charge on any atom is 0.325 e. The fourth-order valence-corrected chi connectivity index (χ4v) is 4.08. The molecule has 2 aliphatic rings. The standard InChI is InChI=1S/C19H21ClN4O3/c1-18(13-7-3-4-8-14(13)20)16(26)24(17(27)23-18)11-15(25)22-19(12-21)9-5-2-6-10-19/h3-4,7-8H,2,5-6,9-11H2,1H3,(H,22,25)(H,23,27)/t18-/m0/s1. The van der Waals surface area contributed by atoms with Crippen LogP contribution in [0.4, 0.5) is 4.79 Å². The lowest BCUT2D eigenvalue weighted by Gasteiger charge is -2.32. The lowest BCUT2D eigenvalue weighted by atomic mass is 9.83. The first kappa shape index (κ1) is 19.2. The monoisotopic (exact) mass is 388 g/mol. The third-order valence-electron chi connectivity index (χ3n) is 5.29. The quantitative estimate of drug-likeness (QED) is 0.773. The highest BCUT2D eigenvalue weighted by Crippen LogP contribution is 2.33. The molecule has 1 saturated carbocycles. The van der Waals surface area contributed by atoms with Crippen LogP contribution in [0.3, 0.4) is 0 Å². The molecule has 0 radical (unpaired) electrons. The Morgan fingerprint density at radius 3 is 2.59 bits per heavy atom. The van der Waals surface area contributed by atoms with Gasteiger partial charge in [0.2, 0.25) is 5.91 Å². The van der Waals surface area contributed by atoms with Crippen LogP contribution in [-0.4, -0.2) is 34.8 Å². The van der Waals surface area contributed by atoms with Gasteiger partial charge in [-0.15, -0.1) is 0 Å². The van der Waals surface area contributed by atoms with E-state index in [1.165, 1.54) is 0 Å². The van der Waals surface area contributed by atoms with Gasteiger partial charge in [0.15, 0.2) is 0 Å². The average molecular weight is 389 g/mol. The molecule has 1 atom stereocenters. The van der Waals surface area contributed by atoms with Gasteiger partial charge in [0.05, 0.1) is 6.07 Å². The molecule has 1 heterocycles. The lowest BCUT2D eigenvalue weighted by molar-refractivity contribution is -0.135. The van der Waals surface area contributed by atoms with E-state index < -0.39 is 35.5 Å². The molecular weight excluding hydrogens is 368 g/mol. The molecule has 1 saturated heterocycles. The summed E-state index contributed by atoms with van der Waals surface area (Å²) in [5.74, 6) is -1.07. The second-order valence-corrected chi connectivity index (χ2v) is 7.64. The molecule has 0 bridgehead atoms. The Hall–Kier alpha value is -2.59. The third kappa shape index (κ3) is 3.50. The number of rotatable bonds is 4. The molecule has 27 heavy (non-hydrogen) atoms. The van der Waals surface area contributed by atoms with Crippen molar-refractivity contribution in [3.63, 3.8) is 0 Å². The third-order valence-corrected chi connectivity index (χ3v) is 5.62. The number of urea groups is 1. The predicted molar refractivity (Wildman–Crippen MR) is 98.6 cm³/mol. The van der Waals surface area contributed by atoms with Crippen molar-refractivity contribution in [2.45, 2.75) is 50.1 Å². The van der Waals surface area contributed by atoms with Crippen LogP contribution < -0.4 is 10.6 Å². The molecule has 1 aromatic carbocycles. The zero-order valence-corrected chi connectivity index (χ0v) is 15.8. The lowest BCUT2D eigenvalue weighted by Crippen LogP contribution is -2.52. The Bertz CT molecular complexity index is 828. The number of hydrogen-bond donors (Lipinski definition) is 2. The number of nitriles is 1. The molecule has 1 aliphatic carbocycles. The maximum absolute atomic E-state index is 12.9. The molecule has 3 rings (SSSR count). The van der Waals surface area contributed by atoms with E-state index in [-0.39, 0.29) is 0 Å². The number of imide groups is 1. The summed E-state index contributed by atoms with van der Waals surface area (Å²) in [6.07, 6.45) is 3.91. The molecule has 0 spiro atoms. The highest BCUT2D eigenvalue weighted by molar-refractivity contribution is 6.32. The number of nitrogens with zero attached hydrogens (tertiary/aromatic N) is 2. The van der Waals surface area contributed by atoms with Crippen LogP contribution in [0.5, 0.6) is 0 Å². The minimum Gasteiger partial charge on any atom is -0.336 e. The van der Waals surface area contributed by atoms with E-state index in [1.807, 2.05) is 0 Å². The first-order valence-electron chi connectivity index (χ1n) is 8.93. The molecule has 2 fully saturated rings. The van der Waals surface area contributed by atoms with Gasteiger partial charge >= 0.3 is 6.03 Å². The van der Waals surface area contributed by atoms with Crippen molar-refractivity contribution < 1.29 is 14.4 Å². The first-order chi connectivity index (χ1) is 12.8. The Morgan fingerprint density at radius 1 is 1.30 bits per heavy atom. The van der Waals surface area contributed by atoms with Gasteiger partial charge in [-0.1, -0.05) is 49.1 Å². The van der Waals surface area contributed by atoms with E-state index in [1.54, 1.807) is 31.2 Å². The van der Waals surface area contributed by atoms with Gasteiger partial charge in [0.25, 0.3) is 5.91 Å². The van der Waals surface area contributed by atoms with Crippen LogP contribution in [-0.2, 0) is 15.1 Å². The summed E-state index contributed by atoms with van der Waals surface area (Å²) in [7, 11) is 0. The highest BCUT2D eigenvalue weighted by Gasteiger charge is 2.50. The summed E-state index contributed by atoms with van der Waals surface area (Å²) < 4.78 is 0. The van der Waals surface area contributed by atoms with Gasteiger partial charge in [0, 0.05) is 10.6 Å². The zero-order chi connectivity index (χ0) is 19.7. The molecule has 2 N–H and O–H groups in total. The summed E-state index contributed by atoms with van der Waals surface area (Å²) in [5, 5.41) is 15.2. The van der Waals surface area contributed by atoms with Crippen LogP contribution in [0.25, 0.3) is 0 Å². The van der Waals surface area contributed by atoms with Gasteiger partial charge in [-0.05, 0) is 25.8 Å². The fourth-order valence-electron chi connectivity index (χ4n) is 3.76. The number of benzene rings is 1. The Morgan fingerprint density at radius 2 is 1.96 bits per heavy atom. The number of carbonyl (C=O) groups is 3. The van der Waals surface area contributed by atoms with Crippen molar-refractivity contribution in [1.82, 2.24) is 15.5 Å². The molecule has 7 nitrogen and oxygen atoms in total. The molecule has 0 aromatic heterocycles. The molecule has 1 aromatic rings. The van der Waals surface area contributed by atoms with E-state index in [9.17, 15) is 19.6 Å². The van der Waals surface area contributed by atoms with Crippen LogP contribution in [0, 0.1) is 11.3 Å². The maximum atomic E-state index is 12.9. The van der Waals surface area contributed by atoms with E-state index in [0.29, 0.717) is 23.4 Å². The van der Waals surface area contributed by atoms with E-state index >= 15 is 0 Å². The second-order valence-electron chi connectivity index (χ2n) is 7.23. The number of amides is 4. The number of carbonyl (C=O) groups excluding carboxylic acids is 3. The summed E-state index contributed by atoms with van der Waals surface area (Å²) in [5.41, 5.74) is -1.79. The van der Waals surface area contributed by atoms with E-state index in [4.69, 9.17) is 11.6 Å². The molecular formula is C19H21ClN4O3. The summed E-state index contributed by atoms with van der Waals surface area (Å²) in [6.45, 7) is 1.12. The number of nitrogens with one attached hydrogen (secondary N) is 2. The topological polar surface area (TPSA) is 102 Å². The van der Waals surface area contributed by atoms with Crippen molar-refractivity contribution in [1.29, 1.82) is 5.26 Å². The minimum atomic E-state index is -1.34. The van der Waals surface area contributed by atoms with Crippen LogP contribution in [0.2, 0.25) is 5.02 Å². The minimum absolute atomic E-state index is 0.352. The van der Waals surface area contributed by atoms with Gasteiger partial charge in [-0.3, -0.25) is 14.5 Å².